The fourth-order valence-corrected chi connectivity index (χ4v) is 4.36. The van der Waals surface area contributed by atoms with E-state index in [2.05, 4.69) is 25.7 Å². The van der Waals surface area contributed by atoms with E-state index >= 15 is 0 Å². The molecule has 0 fully saturated rings. The van der Waals surface area contributed by atoms with Gasteiger partial charge in [0.25, 0.3) is 5.91 Å². The molecule has 10 heteroatoms. The minimum absolute atomic E-state index is 0.184. The highest BCUT2D eigenvalue weighted by Crippen LogP contribution is 2.43. The van der Waals surface area contributed by atoms with E-state index in [0.717, 1.165) is 5.52 Å². The highest BCUT2D eigenvalue weighted by molar-refractivity contribution is 6.06. The number of rotatable bonds is 9. The Bertz CT molecular complexity index is 1400. The summed E-state index contributed by atoms with van der Waals surface area (Å²) in [5, 5.41) is 10.7. The minimum Gasteiger partial charge on any atom is -0.488 e. The molecule has 188 valence electrons. The number of carbonyl (C=O) groups is 1. The number of anilines is 2. The normalized spacial score (nSPS) is 15.6. The second kappa shape index (κ2) is 9.62. The molecule has 5 heterocycles. The molecule has 0 saturated heterocycles. The van der Waals surface area contributed by atoms with Gasteiger partial charge in [-0.3, -0.25) is 14.2 Å². The number of hydrogen-bond acceptors (Lipinski definition) is 6. The van der Waals surface area contributed by atoms with Gasteiger partial charge in [-0.25, -0.2) is 4.52 Å². The summed E-state index contributed by atoms with van der Waals surface area (Å²) < 4.78 is 26.8. The monoisotopic (exact) mass is 492 g/mol. The summed E-state index contributed by atoms with van der Waals surface area (Å²) in [5.41, 5.74) is 3.48. The fraction of sp³-hybridized carbons (Fsp3) is 0.346. The molecule has 4 aromatic heterocycles. The van der Waals surface area contributed by atoms with E-state index in [9.17, 15) is 9.18 Å². The predicted octanol–water partition coefficient (Wildman–Crippen LogP) is 4.46. The van der Waals surface area contributed by atoms with E-state index in [1.165, 1.54) is 0 Å². The highest BCUT2D eigenvalue weighted by Gasteiger charge is 2.33. The number of aromatic amines is 1. The van der Waals surface area contributed by atoms with Crippen LogP contribution in [0.2, 0.25) is 0 Å². The molecule has 3 N–H and O–H groups in total. The Morgan fingerprint density at radius 1 is 1.25 bits per heavy atom. The Morgan fingerprint density at radius 3 is 2.92 bits per heavy atom. The molecule has 9 nitrogen and oxygen atoms in total. The van der Waals surface area contributed by atoms with Crippen molar-refractivity contribution in [3.8, 4) is 17.0 Å². The van der Waals surface area contributed by atoms with Crippen molar-refractivity contribution in [3.05, 3.63) is 60.2 Å². The summed E-state index contributed by atoms with van der Waals surface area (Å²) in [7, 11) is 1.63. The van der Waals surface area contributed by atoms with Gasteiger partial charge in [0, 0.05) is 37.0 Å². The second-order valence-electron chi connectivity index (χ2n) is 9.38. The number of ether oxygens (including phenoxy) is 2. The Hall–Kier alpha value is -3.92. The standard InChI is InChI=1S/C26H29FN6O3/c1-26(2,35-3)15-36-19-14-28-11-9-18(19)23-24(31-20-6-4-5-17-8-12-30-33(17)20)21-22(32-23)16(7-10-27)13-29-25(21)34/h4-6,8-9,11-12,14,16,31-32H,7,10,13,15H2,1-3H3,(H,29,34). The third-order valence-electron chi connectivity index (χ3n) is 6.49. The largest absolute Gasteiger partial charge is 0.488 e. The first-order valence-corrected chi connectivity index (χ1v) is 11.8. The Morgan fingerprint density at radius 2 is 2.11 bits per heavy atom. The van der Waals surface area contributed by atoms with Crippen molar-refractivity contribution < 1.29 is 18.7 Å². The summed E-state index contributed by atoms with van der Waals surface area (Å²) >= 11 is 0. The molecular formula is C26H29FN6O3. The SMILES string of the molecule is COC(C)(C)COc1cnccc1-c1[nH]c2c(c1Nc1cccc3ccnn13)C(=O)NCC2CCF. The maximum atomic E-state index is 13.4. The van der Waals surface area contributed by atoms with Gasteiger partial charge in [-0.15, -0.1) is 0 Å². The van der Waals surface area contributed by atoms with Crippen LogP contribution in [0.25, 0.3) is 16.8 Å². The third-order valence-corrected chi connectivity index (χ3v) is 6.49. The molecular weight excluding hydrogens is 463 g/mol. The molecule has 0 spiro atoms. The number of fused-ring (bicyclic) bond motifs is 2. The number of nitrogens with one attached hydrogen (secondary N) is 3. The van der Waals surface area contributed by atoms with Crippen molar-refractivity contribution in [2.45, 2.75) is 31.8 Å². The van der Waals surface area contributed by atoms with Crippen molar-refractivity contribution in [1.82, 2.24) is 24.9 Å². The topological polar surface area (TPSA) is 106 Å². The van der Waals surface area contributed by atoms with Gasteiger partial charge < -0.3 is 25.1 Å². The summed E-state index contributed by atoms with van der Waals surface area (Å²) in [4.78, 5) is 20.8. The number of hydrogen-bond donors (Lipinski definition) is 3. The summed E-state index contributed by atoms with van der Waals surface area (Å²) in [5.74, 6) is 0.799. The van der Waals surface area contributed by atoms with Crippen molar-refractivity contribution in [3.63, 3.8) is 0 Å². The number of methoxy groups -OCH3 is 1. The molecule has 1 unspecified atom stereocenters. The first-order valence-electron chi connectivity index (χ1n) is 11.8. The van der Waals surface area contributed by atoms with Crippen molar-refractivity contribution in [2.75, 3.05) is 32.3 Å². The van der Waals surface area contributed by atoms with Crippen LogP contribution in [0.4, 0.5) is 15.9 Å². The molecule has 1 aliphatic rings. The molecule has 0 saturated carbocycles. The maximum absolute atomic E-state index is 13.4. The lowest BCUT2D eigenvalue weighted by Crippen LogP contribution is -2.35. The van der Waals surface area contributed by atoms with Crippen molar-refractivity contribution >= 4 is 22.9 Å². The first-order chi connectivity index (χ1) is 17.4. The van der Waals surface area contributed by atoms with Crippen LogP contribution in [0, 0.1) is 0 Å². The van der Waals surface area contributed by atoms with Gasteiger partial charge in [0.1, 0.15) is 18.2 Å². The molecule has 0 aliphatic carbocycles. The Labute approximate surface area is 208 Å². The van der Waals surface area contributed by atoms with E-state index in [0.29, 0.717) is 59.3 Å². The summed E-state index contributed by atoms with van der Waals surface area (Å²) in [6.07, 6.45) is 5.31. The average molecular weight is 493 g/mol. The summed E-state index contributed by atoms with van der Waals surface area (Å²) in [6.45, 7) is 4.04. The number of carbonyl (C=O) groups excluding carboxylic acids is 1. The molecule has 1 aliphatic heterocycles. The lowest BCUT2D eigenvalue weighted by Gasteiger charge is -2.23. The maximum Gasteiger partial charge on any atom is 0.255 e. The van der Waals surface area contributed by atoms with Gasteiger partial charge in [-0.2, -0.15) is 5.10 Å². The van der Waals surface area contributed by atoms with Gasteiger partial charge in [0.15, 0.2) is 0 Å². The number of halogens is 1. The number of alkyl halides is 1. The molecule has 0 aromatic carbocycles. The van der Waals surface area contributed by atoms with Crippen LogP contribution >= 0.6 is 0 Å². The van der Waals surface area contributed by atoms with Crippen LogP contribution in [-0.4, -0.2) is 58.0 Å². The van der Waals surface area contributed by atoms with Crippen LogP contribution in [0.5, 0.6) is 5.75 Å². The van der Waals surface area contributed by atoms with Gasteiger partial charge in [-0.1, -0.05) is 6.07 Å². The molecule has 1 atom stereocenters. The highest BCUT2D eigenvalue weighted by atomic mass is 19.1. The van der Waals surface area contributed by atoms with E-state index < -0.39 is 12.3 Å². The number of pyridine rings is 2. The average Bonchev–Trinajstić information content (AvgIpc) is 3.51. The third kappa shape index (κ3) is 4.39. The van der Waals surface area contributed by atoms with Crippen LogP contribution in [0.15, 0.2) is 48.9 Å². The van der Waals surface area contributed by atoms with E-state index in [1.807, 2.05) is 44.2 Å². The number of amides is 1. The molecule has 5 rings (SSSR count). The molecule has 4 aromatic rings. The predicted molar refractivity (Wildman–Crippen MR) is 135 cm³/mol. The van der Waals surface area contributed by atoms with Crippen LogP contribution in [0.3, 0.4) is 0 Å². The number of H-pyrrole nitrogens is 1. The van der Waals surface area contributed by atoms with Crippen LogP contribution in [-0.2, 0) is 4.74 Å². The Balaban J connectivity index is 1.66. The van der Waals surface area contributed by atoms with Gasteiger partial charge >= 0.3 is 0 Å². The van der Waals surface area contributed by atoms with Gasteiger partial charge in [0.05, 0.1) is 47.1 Å². The van der Waals surface area contributed by atoms with Crippen molar-refractivity contribution in [2.24, 2.45) is 0 Å². The fourth-order valence-electron chi connectivity index (χ4n) is 4.36. The quantitative estimate of drug-likeness (QED) is 0.319. The molecule has 0 bridgehead atoms. The smallest absolute Gasteiger partial charge is 0.255 e. The van der Waals surface area contributed by atoms with Gasteiger partial charge in [-0.05, 0) is 44.5 Å². The summed E-state index contributed by atoms with van der Waals surface area (Å²) in [6, 6.07) is 9.47. The van der Waals surface area contributed by atoms with E-state index in [1.54, 1.807) is 30.2 Å². The van der Waals surface area contributed by atoms with E-state index in [4.69, 9.17) is 9.47 Å². The van der Waals surface area contributed by atoms with E-state index in [-0.39, 0.29) is 11.8 Å². The lowest BCUT2D eigenvalue weighted by molar-refractivity contribution is -0.0146. The van der Waals surface area contributed by atoms with Gasteiger partial charge in [0.2, 0.25) is 0 Å². The zero-order valence-electron chi connectivity index (χ0n) is 20.5. The minimum atomic E-state index is -0.509. The second-order valence-corrected chi connectivity index (χ2v) is 9.38. The van der Waals surface area contributed by atoms with Crippen LogP contribution in [0.1, 0.15) is 42.2 Å². The molecule has 1 amide bonds. The zero-order valence-corrected chi connectivity index (χ0v) is 20.5. The first kappa shape index (κ1) is 23.8. The molecule has 36 heavy (non-hydrogen) atoms. The van der Waals surface area contributed by atoms with Crippen LogP contribution < -0.4 is 15.4 Å². The lowest BCUT2D eigenvalue weighted by atomic mass is 9.94. The number of nitrogens with zero attached hydrogens (tertiary/aromatic N) is 3. The van der Waals surface area contributed by atoms with Crippen molar-refractivity contribution in [1.29, 1.82) is 0 Å². The zero-order chi connectivity index (χ0) is 25.3. The number of aromatic nitrogens is 4. The Kier molecular flexibility index (Phi) is 6.36. The molecule has 0 radical (unpaired) electrons.